The van der Waals surface area contributed by atoms with Gasteiger partial charge in [-0.15, -0.1) is 0 Å². The molecule has 0 bridgehead atoms. The van der Waals surface area contributed by atoms with Crippen molar-refractivity contribution in [1.82, 2.24) is 0 Å². The Kier molecular flexibility index (Phi) is 4.90. The van der Waals surface area contributed by atoms with E-state index in [4.69, 9.17) is 0 Å². The third-order valence-electron chi connectivity index (χ3n) is 3.88. The van der Waals surface area contributed by atoms with Gasteiger partial charge in [0.25, 0.3) is 0 Å². The Bertz CT molecular complexity index is 771. The summed E-state index contributed by atoms with van der Waals surface area (Å²) in [4.78, 5) is 0. The summed E-state index contributed by atoms with van der Waals surface area (Å²) in [6.07, 6.45) is 0. The van der Waals surface area contributed by atoms with Crippen molar-refractivity contribution in [3.8, 4) is 11.8 Å². The molecule has 0 aliphatic carbocycles. The van der Waals surface area contributed by atoms with Crippen molar-refractivity contribution in [1.29, 1.82) is 0 Å². The Morgan fingerprint density at radius 2 is 1.65 bits per heavy atom. The van der Waals surface area contributed by atoms with Crippen LogP contribution in [0.3, 0.4) is 0 Å². The van der Waals surface area contributed by atoms with Crippen LogP contribution in [0.5, 0.6) is 0 Å². The van der Waals surface area contributed by atoms with Crippen LogP contribution in [0, 0.1) is 42.7 Å². The van der Waals surface area contributed by atoms with Crippen LogP contribution in [0.15, 0.2) is 36.4 Å². The molecule has 2 rings (SSSR count). The molecule has 23 heavy (non-hydrogen) atoms. The van der Waals surface area contributed by atoms with Gasteiger partial charge >= 0.3 is 0 Å². The molecule has 0 fully saturated rings. The van der Waals surface area contributed by atoms with Crippen molar-refractivity contribution in [2.75, 3.05) is 0 Å². The highest BCUT2D eigenvalue weighted by Crippen LogP contribution is 2.36. The van der Waals surface area contributed by atoms with Crippen LogP contribution in [-0.4, -0.2) is 0 Å². The first-order valence-corrected chi connectivity index (χ1v) is 7.72. The van der Waals surface area contributed by atoms with Crippen LogP contribution in [0.4, 0.5) is 8.78 Å². The van der Waals surface area contributed by atoms with Crippen LogP contribution in [0.25, 0.3) is 0 Å². The first-order valence-electron chi connectivity index (χ1n) is 7.72. The number of rotatable bonds is 1. The number of halogens is 2. The zero-order chi connectivity index (χ0) is 17.2. The van der Waals surface area contributed by atoms with Gasteiger partial charge in [0, 0.05) is 6.07 Å². The second kappa shape index (κ2) is 6.54. The van der Waals surface area contributed by atoms with Gasteiger partial charge in [-0.2, -0.15) is 0 Å². The van der Waals surface area contributed by atoms with Gasteiger partial charge in [0.1, 0.15) is 11.6 Å². The summed E-state index contributed by atoms with van der Waals surface area (Å²) in [5, 5.41) is 0. The summed E-state index contributed by atoms with van der Waals surface area (Å²) in [6, 6.07) is 9.79. The molecule has 0 saturated carbocycles. The largest absolute Gasteiger partial charge is 0.207 e. The highest BCUT2D eigenvalue weighted by molar-refractivity contribution is 5.43. The molecule has 0 amide bonds. The molecule has 2 heteroatoms. The summed E-state index contributed by atoms with van der Waals surface area (Å²) in [5.74, 6) is 4.85. The highest BCUT2D eigenvalue weighted by atomic mass is 19.1. The molecule has 1 atom stereocenters. The fourth-order valence-electron chi connectivity index (χ4n) is 2.65. The Morgan fingerprint density at radius 3 is 2.22 bits per heavy atom. The lowest BCUT2D eigenvalue weighted by molar-refractivity contribution is 0.374. The monoisotopic (exact) mass is 312 g/mol. The molecule has 1 unspecified atom stereocenters. The average Bonchev–Trinajstić information content (AvgIpc) is 2.41. The molecule has 0 radical (unpaired) electrons. The molecular formula is C21H22F2. The standard InChI is InChI=1S/C21H22F2/c1-14-6-10-18(15(2)12-14)19(21(3,4)5)11-8-16-7-9-17(22)13-20(16)23/h6-7,9-10,12-13,19H,1-5H3. The van der Waals surface area contributed by atoms with Gasteiger partial charge in [-0.25, -0.2) is 8.78 Å². The predicted octanol–water partition coefficient (Wildman–Crippen LogP) is 5.76. The Labute approximate surface area is 137 Å². The molecule has 0 heterocycles. The average molecular weight is 312 g/mol. The van der Waals surface area contributed by atoms with Crippen molar-refractivity contribution >= 4 is 0 Å². The first-order chi connectivity index (χ1) is 10.7. The minimum atomic E-state index is -0.620. The first kappa shape index (κ1) is 17.2. The van der Waals surface area contributed by atoms with E-state index in [0.717, 1.165) is 11.6 Å². The molecule has 0 nitrogen and oxygen atoms in total. The van der Waals surface area contributed by atoms with Crippen LogP contribution in [-0.2, 0) is 0 Å². The van der Waals surface area contributed by atoms with Gasteiger partial charge in [-0.3, -0.25) is 0 Å². The predicted molar refractivity (Wildman–Crippen MR) is 91.3 cm³/mol. The molecule has 0 aliphatic heterocycles. The van der Waals surface area contributed by atoms with E-state index in [1.54, 1.807) is 0 Å². The fourth-order valence-corrected chi connectivity index (χ4v) is 2.65. The second-order valence-corrected chi connectivity index (χ2v) is 7.05. The molecule has 0 saturated heterocycles. The van der Waals surface area contributed by atoms with Crippen molar-refractivity contribution < 1.29 is 8.78 Å². The smallest absolute Gasteiger partial charge is 0.141 e. The van der Waals surface area contributed by atoms with E-state index < -0.39 is 11.6 Å². The Morgan fingerprint density at radius 1 is 0.957 bits per heavy atom. The molecule has 2 aromatic rings. The Hall–Kier alpha value is -2.14. The molecule has 0 aromatic heterocycles. The summed E-state index contributed by atoms with van der Waals surface area (Å²) in [6.45, 7) is 10.5. The molecule has 2 aromatic carbocycles. The van der Waals surface area contributed by atoms with Crippen molar-refractivity contribution in [2.45, 2.75) is 40.5 Å². The van der Waals surface area contributed by atoms with Crippen molar-refractivity contribution in [2.24, 2.45) is 5.41 Å². The molecule has 0 N–H and O–H groups in total. The second-order valence-electron chi connectivity index (χ2n) is 7.05. The Balaban J connectivity index is 2.48. The SMILES string of the molecule is Cc1ccc(C(C#Cc2ccc(F)cc2F)C(C)(C)C)c(C)c1. The summed E-state index contributed by atoms with van der Waals surface area (Å²) in [5.41, 5.74) is 3.67. The van der Waals surface area contributed by atoms with Crippen LogP contribution in [0.1, 0.15) is 48.9 Å². The van der Waals surface area contributed by atoms with E-state index in [0.29, 0.717) is 0 Å². The van der Waals surface area contributed by atoms with Gasteiger partial charge in [-0.1, -0.05) is 56.4 Å². The van der Waals surface area contributed by atoms with Gasteiger partial charge < -0.3 is 0 Å². The molecular weight excluding hydrogens is 290 g/mol. The van der Waals surface area contributed by atoms with E-state index in [2.05, 4.69) is 64.7 Å². The van der Waals surface area contributed by atoms with E-state index in [1.165, 1.54) is 23.3 Å². The zero-order valence-corrected chi connectivity index (χ0v) is 14.3. The number of aryl methyl sites for hydroxylation is 2. The van der Waals surface area contributed by atoms with Crippen LogP contribution >= 0.6 is 0 Å². The van der Waals surface area contributed by atoms with E-state index >= 15 is 0 Å². The quantitative estimate of drug-likeness (QED) is 0.587. The van der Waals surface area contributed by atoms with Gasteiger partial charge in [0.05, 0.1) is 11.5 Å². The molecule has 120 valence electrons. The maximum Gasteiger partial charge on any atom is 0.141 e. The maximum atomic E-state index is 13.8. The van der Waals surface area contributed by atoms with E-state index in [-0.39, 0.29) is 16.9 Å². The lowest BCUT2D eigenvalue weighted by atomic mass is 9.75. The zero-order valence-electron chi connectivity index (χ0n) is 14.3. The minimum absolute atomic E-state index is 0.0347. The highest BCUT2D eigenvalue weighted by Gasteiger charge is 2.25. The third-order valence-corrected chi connectivity index (χ3v) is 3.88. The third kappa shape index (κ3) is 4.20. The van der Waals surface area contributed by atoms with Gasteiger partial charge in [0.15, 0.2) is 0 Å². The lowest BCUT2D eigenvalue weighted by Crippen LogP contribution is -2.18. The topological polar surface area (TPSA) is 0 Å². The van der Waals surface area contributed by atoms with Crippen LogP contribution < -0.4 is 0 Å². The molecule has 0 spiro atoms. The van der Waals surface area contributed by atoms with Gasteiger partial charge in [0.2, 0.25) is 0 Å². The van der Waals surface area contributed by atoms with E-state index in [1.807, 2.05) is 0 Å². The van der Waals surface area contributed by atoms with Gasteiger partial charge in [-0.05, 0) is 42.5 Å². The fraction of sp³-hybridized carbons (Fsp3) is 0.333. The van der Waals surface area contributed by atoms with E-state index in [9.17, 15) is 8.78 Å². The maximum absolute atomic E-state index is 13.8. The number of hydrogen-bond acceptors (Lipinski definition) is 0. The lowest BCUT2D eigenvalue weighted by Gasteiger charge is -2.28. The number of benzene rings is 2. The molecule has 0 aliphatic rings. The summed E-state index contributed by atoms with van der Waals surface area (Å²) in [7, 11) is 0. The van der Waals surface area contributed by atoms with Crippen LogP contribution in [0.2, 0.25) is 0 Å². The minimum Gasteiger partial charge on any atom is -0.207 e. The van der Waals surface area contributed by atoms with Crippen molar-refractivity contribution in [3.05, 3.63) is 70.3 Å². The normalized spacial score (nSPS) is 12.5. The number of hydrogen-bond donors (Lipinski definition) is 0. The summed E-state index contributed by atoms with van der Waals surface area (Å²) < 4.78 is 26.8. The summed E-state index contributed by atoms with van der Waals surface area (Å²) >= 11 is 0. The van der Waals surface area contributed by atoms with Crippen molar-refractivity contribution in [3.63, 3.8) is 0 Å².